The molecule has 20 heavy (non-hydrogen) atoms. The number of aryl methyl sites for hydroxylation is 1. The van der Waals surface area contributed by atoms with E-state index < -0.39 is 0 Å². The second kappa shape index (κ2) is 5.79. The molecule has 2 aliphatic rings. The normalized spacial score (nSPS) is 31.6. The molecule has 0 aliphatic heterocycles. The molecule has 2 saturated carbocycles. The zero-order valence-electron chi connectivity index (χ0n) is 13.2. The van der Waals surface area contributed by atoms with Crippen LogP contribution in [0.5, 0.6) is 0 Å². The molecule has 3 heteroatoms. The van der Waals surface area contributed by atoms with Gasteiger partial charge < -0.3 is 9.88 Å². The van der Waals surface area contributed by atoms with Gasteiger partial charge in [0, 0.05) is 18.3 Å². The molecule has 3 unspecified atom stereocenters. The molecule has 0 spiro atoms. The first-order valence-electron chi connectivity index (χ1n) is 8.45. The van der Waals surface area contributed by atoms with Gasteiger partial charge in [-0.1, -0.05) is 26.7 Å². The van der Waals surface area contributed by atoms with Crippen molar-refractivity contribution in [3.05, 3.63) is 11.9 Å². The van der Waals surface area contributed by atoms with Crippen LogP contribution in [0.1, 0.15) is 70.5 Å². The molecule has 0 radical (unpaired) electrons. The number of anilines is 1. The monoisotopic (exact) mass is 275 g/mol. The van der Waals surface area contributed by atoms with E-state index in [1.807, 2.05) is 0 Å². The summed E-state index contributed by atoms with van der Waals surface area (Å²) in [6.45, 7) is 6.89. The maximum atomic E-state index is 4.75. The Morgan fingerprint density at radius 3 is 2.60 bits per heavy atom. The second-order valence-electron chi connectivity index (χ2n) is 7.20. The topological polar surface area (TPSA) is 29.9 Å². The fraction of sp³-hybridized carbons (Fsp3) is 0.824. The van der Waals surface area contributed by atoms with E-state index in [-0.39, 0.29) is 0 Å². The Labute approximate surface area is 123 Å². The molecular formula is C17H29N3. The smallest absolute Gasteiger partial charge is 0.203 e. The van der Waals surface area contributed by atoms with Crippen molar-refractivity contribution in [1.29, 1.82) is 0 Å². The third-order valence-corrected chi connectivity index (χ3v) is 5.32. The SMILES string of the molecule is Cc1cn(C2CCCC2)c(NC2CCC(C)CC2C)n1. The van der Waals surface area contributed by atoms with E-state index in [1.54, 1.807) is 0 Å². The van der Waals surface area contributed by atoms with Crippen molar-refractivity contribution in [2.24, 2.45) is 11.8 Å². The highest BCUT2D eigenvalue weighted by atomic mass is 15.2. The third kappa shape index (κ3) is 2.87. The van der Waals surface area contributed by atoms with Crippen LogP contribution in [0.2, 0.25) is 0 Å². The molecule has 0 saturated heterocycles. The van der Waals surface area contributed by atoms with Crippen molar-refractivity contribution in [3.63, 3.8) is 0 Å². The van der Waals surface area contributed by atoms with E-state index in [0.717, 1.165) is 23.5 Å². The minimum atomic E-state index is 0.605. The van der Waals surface area contributed by atoms with Crippen LogP contribution in [0.4, 0.5) is 5.95 Å². The Balaban J connectivity index is 1.73. The first kappa shape index (κ1) is 14.0. The molecule has 0 bridgehead atoms. The fourth-order valence-corrected chi connectivity index (χ4v) is 4.13. The van der Waals surface area contributed by atoms with Gasteiger partial charge >= 0.3 is 0 Å². The molecule has 3 rings (SSSR count). The first-order valence-corrected chi connectivity index (χ1v) is 8.45. The van der Waals surface area contributed by atoms with Gasteiger partial charge in [0.15, 0.2) is 0 Å². The Morgan fingerprint density at radius 1 is 1.15 bits per heavy atom. The van der Waals surface area contributed by atoms with Crippen LogP contribution in [0.3, 0.4) is 0 Å². The predicted molar refractivity (Wildman–Crippen MR) is 84.1 cm³/mol. The predicted octanol–water partition coefficient (Wildman–Crippen LogP) is 4.54. The van der Waals surface area contributed by atoms with Gasteiger partial charge in [0.1, 0.15) is 0 Å². The summed E-state index contributed by atoms with van der Waals surface area (Å²) < 4.78 is 2.42. The number of hydrogen-bond acceptors (Lipinski definition) is 2. The van der Waals surface area contributed by atoms with Gasteiger partial charge in [-0.3, -0.25) is 0 Å². The molecule has 1 N–H and O–H groups in total. The van der Waals surface area contributed by atoms with Crippen molar-refractivity contribution in [1.82, 2.24) is 9.55 Å². The van der Waals surface area contributed by atoms with E-state index in [1.165, 1.54) is 44.9 Å². The summed E-state index contributed by atoms with van der Waals surface area (Å²) in [5.41, 5.74) is 1.15. The molecule has 2 fully saturated rings. The molecule has 1 aromatic heterocycles. The zero-order chi connectivity index (χ0) is 14.1. The molecule has 2 aliphatic carbocycles. The Bertz CT molecular complexity index is 445. The lowest BCUT2D eigenvalue weighted by Gasteiger charge is -2.33. The molecule has 1 aromatic rings. The van der Waals surface area contributed by atoms with Crippen LogP contribution in [-0.2, 0) is 0 Å². The summed E-state index contributed by atoms with van der Waals surface area (Å²) in [6.07, 6.45) is 11.6. The van der Waals surface area contributed by atoms with Crippen molar-refractivity contribution in [2.45, 2.75) is 77.8 Å². The lowest BCUT2D eigenvalue weighted by Crippen LogP contribution is -2.34. The van der Waals surface area contributed by atoms with Gasteiger partial charge in [0.2, 0.25) is 5.95 Å². The van der Waals surface area contributed by atoms with Crippen molar-refractivity contribution in [2.75, 3.05) is 5.32 Å². The minimum absolute atomic E-state index is 0.605. The first-order chi connectivity index (χ1) is 9.63. The molecule has 3 atom stereocenters. The Hall–Kier alpha value is -0.990. The van der Waals surface area contributed by atoms with E-state index in [2.05, 4.69) is 36.9 Å². The van der Waals surface area contributed by atoms with Gasteiger partial charge in [-0.15, -0.1) is 0 Å². The summed E-state index contributed by atoms with van der Waals surface area (Å²) in [7, 11) is 0. The largest absolute Gasteiger partial charge is 0.353 e. The number of nitrogens with zero attached hydrogens (tertiary/aromatic N) is 2. The van der Waals surface area contributed by atoms with E-state index in [4.69, 9.17) is 4.98 Å². The minimum Gasteiger partial charge on any atom is -0.353 e. The lowest BCUT2D eigenvalue weighted by molar-refractivity contribution is 0.275. The summed E-state index contributed by atoms with van der Waals surface area (Å²) in [4.78, 5) is 4.75. The Kier molecular flexibility index (Phi) is 4.04. The van der Waals surface area contributed by atoms with Gasteiger partial charge in [0.25, 0.3) is 0 Å². The molecule has 3 nitrogen and oxygen atoms in total. The lowest BCUT2D eigenvalue weighted by atomic mass is 9.80. The second-order valence-corrected chi connectivity index (χ2v) is 7.20. The Morgan fingerprint density at radius 2 is 1.90 bits per heavy atom. The van der Waals surface area contributed by atoms with Crippen molar-refractivity contribution in [3.8, 4) is 0 Å². The van der Waals surface area contributed by atoms with Gasteiger partial charge in [-0.25, -0.2) is 4.98 Å². The van der Waals surface area contributed by atoms with Crippen LogP contribution >= 0.6 is 0 Å². The van der Waals surface area contributed by atoms with E-state index >= 15 is 0 Å². The van der Waals surface area contributed by atoms with Crippen LogP contribution in [0.15, 0.2) is 6.20 Å². The van der Waals surface area contributed by atoms with Gasteiger partial charge in [0.05, 0.1) is 5.69 Å². The van der Waals surface area contributed by atoms with Crippen LogP contribution in [-0.4, -0.2) is 15.6 Å². The number of aromatic nitrogens is 2. The summed E-state index contributed by atoms with van der Waals surface area (Å²) >= 11 is 0. The quantitative estimate of drug-likeness (QED) is 0.877. The maximum absolute atomic E-state index is 4.75. The molecule has 112 valence electrons. The highest BCUT2D eigenvalue weighted by Gasteiger charge is 2.27. The highest BCUT2D eigenvalue weighted by molar-refractivity contribution is 5.31. The number of nitrogens with one attached hydrogen (secondary N) is 1. The molecular weight excluding hydrogens is 246 g/mol. The van der Waals surface area contributed by atoms with Crippen LogP contribution in [0.25, 0.3) is 0 Å². The zero-order valence-corrected chi connectivity index (χ0v) is 13.2. The highest BCUT2D eigenvalue weighted by Crippen LogP contribution is 2.34. The van der Waals surface area contributed by atoms with Crippen molar-refractivity contribution >= 4 is 5.95 Å². The summed E-state index contributed by atoms with van der Waals surface area (Å²) in [5, 5.41) is 3.77. The standard InChI is InChI=1S/C17H29N3/c1-12-8-9-16(13(2)10-12)19-17-18-14(3)11-20(17)15-6-4-5-7-15/h11-13,15-16H,4-10H2,1-3H3,(H,18,19). The molecule has 1 heterocycles. The number of hydrogen-bond donors (Lipinski definition) is 1. The third-order valence-electron chi connectivity index (χ3n) is 5.32. The number of rotatable bonds is 3. The van der Waals surface area contributed by atoms with Crippen LogP contribution < -0.4 is 5.32 Å². The van der Waals surface area contributed by atoms with E-state index in [9.17, 15) is 0 Å². The fourth-order valence-electron chi connectivity index (χ4n) is 4.13. The van der Waals surface area contributed by atoms with Crippen LogP contribution in [0, 0.1) is 18.8 Å². The average molecular weight is 275 g/mol. The van der Waals surface area contributed by atoms with E-state index in [0.29, 0.717) is 12.1 Å². The number of imidazole rings is 1. The maximum Gasteiger partial charge on any atom is 0.203 e. The summed E-state index contributed by atoms with van der Waals surface area (Å²) in [6, 6.07) is 1.28. The average Bonchev–Trinajstić information content (AvgIpc) is 3.02. The molecule has 0 amide bonds. The van der Waals surface area contributed by atoms with Gasteiger partial charge in [-0.05, 0) is 50.9 Å². The summed E-state index contributed by atoms with van der Waals surface area (Å²) in [5.74, 6) is 2.77. The van der Waals surface area contributed by atoms with Gasteiger partial charge in [-0.2, -0.15) is 0 Å². The molecule has 0 aromatic carbocycles. The van der Waals surface area contributed by atoms with Crippen molar-refractivity contribution < 1.29 is 0 Å².